The number of thiazole rings is 1. The largest absolute Gasteiger partial charge is 0.486 e. The van der Waals surface area contributed by atoms with Crippen molar-refractivity contribution >= 4 is 22.9 Å². The smallest absolute Gasteiger partial charge is 0.139 e. The monoisotopic (exact) mass is 269 g/mol. The SMILES string of the molecule is CNCc1nc(COc2cncc(Cl)c2)cs1. The third kappa shape index (κ3) is 3.66. The van der Waals surface area contributed by atoms with Gasteiger partial charge in [-0.2, -0.15) is 0 Å². The maximum Gasteiger partial charge on any atom is 0.139 e. The number of pyridine rings is 1. The van der Waals surface area contributed by atoms with Gasteiger partial charge in [0, 0.05) is 24.2 Å². The van der Waals surface area contributed by atoms with Crippen LogP contribution >= 0.6 is 22.9 Å². The van der Waals surface area contributed by atoms with Gasteiger partial charge >= 0.3 is 0 Å². The Hall–Kier alpha value is -1.17. The molecule has 0 amide bonds. The van der Waals surface area contributed by atoms with Crippen LogP contribution in [0.2, 0.25) is 5.02 Å². The number of hydrogen-bond donors (Lipinski definition) is 1. The van der Waals surface area contributed by atoms with Crippen molar-refractivity contribution in [1.82, 2.24) is 15.3 Å². The molecule has 4 nitrogen and oxygen atoms in total. The van der Waals surface area contributed by atoms with Gasteiger partial charge in [0.2, 0.25) is 0 Å². The first-order chi connectivity index (χ1) is 8.28. The third-order valence-electron chi connectivity index (χ3n) is 1.99. The summed E-state index contributed by atoms with van der Waals surface area (Å²) in [5.74, 6) is 0.653. The summed E-state index contributed by atoms with van der Waals surface area (Å²) in [5, 5.41) is 6.67. The number of nitrogens with one attached hydrogen (secondary N) is 1. The summed E-state index contributed by atoms with van der Waals surface area (Å²) >= 11 is 7.42. The van der Waals surface area contributed by atoms with Crippen LogP contribution in [-0.4, -0.2) is 17.0 Å². The zero-order chi connectivity index (χ0) is 12.1. The highest BCUT2D eigenvalue weighted by atomic mass is 35.5. The van der Waals surface area contributed by atoms with Crippen LogP contribution in [0.5, 0.6) is 5.75 Å². The van der Waals surface area contributed by atoms with Gasteiger partial charge in [0.15, 0.2) is 0 Å². The van der Waals surface area contributed by atoms with Crippen LogP contribution in [0.15, 0.2) is 23.8 Å². The average Bonchev–Trinajstić information content (AvgIpc) is 2.75. The topological polar surface area (TPSA) is 47.0 Å². The van der Waals surface area contributed by atoms with E-state index in [4.69, 9.17) is 16.3 Å². The molecule has 0 aliphatic rings. The van der Waals surface area contributed by atoms with Gasteiger partial charge in [-0.25, -0.2) is 4.98 Å². The van der Waals surface area contributed by atoms with Gasteiger partial charge in [-0.1, -0.05) is 11.6 Å². The Kier molecular flexibility index (Phi) is 4.30. The number of aromatic nitrogens is 2. The van der Waals surface area contributed by atoms with Gasteiger partial charge in [0.25, 0.3) is 0 Å². The van der Waals surface area contributed by atoms with Crippen LogP contribution in [0.4, 0.5) is 0 Å². The number of hydrogen-bond acceptors (Lipinski definition) is 5. The molecule has 0 atom stereocenters. The minimum atomic E-state index is 0.433. The predicted octanol–water partition coefficient (Wildman–Crippen LogP) is 2.49. The molecule has 17 heavy (non-hydrogen) atoms. The summed E-state index contributed by atoms with van der Waals surface area (Å²) < 4.78 is 5.54. The molecule has 0 aromatic carbocycles. The molecule has 0 spiro atoms. The van der Waals surface area contributed by atoms with Crippen LogP contribution < -0.4 is 10.1 Å². The quantitative estimate of drug-likeness (QED) is 0.906. The van der Waals surface area contributed by atoms with Crippen LogP contribution in [0.25, 0.3) is 0 Å². The van der Waals surface area contributed by atoms with E-state index in [0.717, 1.165) is 17.2 Å². The van der Waals surface area contributed by atoms with E-state index in [1.54, 1.807) is 29.8 Å². The Morgan fingerprint density at radius 2 is 2.35 bits per heavy atom. The van der Waals surface area contributed by atoms with Gasteiger partial charge in [0.05, 0.1) is 16.9 Å². The number of nitrogens with zero attached hydrogens (tertiary/aromatic N) is 2. The van der Waals surface area contributed by atoms with Crippen molar-refractivity contribution in [3.63, 3.8) is 0 Å². The van der Waals surface area contributed by atoms with E-state index in [2.05, 4.69) is 15.3 Å². The van der Waals surface area contributed by atoms with Crippen molar-refractivity contribution in [2.24, 2.45) is 0 Å². The summed E-state index contributed by atoms with van der Waals surface area (Å²) in [6.45, 7) is 1.21. The zero-order valence-electron chi connectivity index (χ0n) is 9.31. The van der Waals surface area contributed by atoms with Crippen molar-refractivity contribution < 1.29 is 4.74 Å². The Bertz CT molecular complexity index is 489. The number of rotatable bonds is 5. The summed E-state index contributed by atoms with van der Waals surface area (Å²) in [7, 11) is 1.90. The minimum absolute atomic E-state index is 0.433. The summed E-state index contributed by atoms with van der Waals surface area (Å²) in [6, 6.07) is 1.73. The van der Waals surface area contributed by atoms with Gasteiger partial charge in [-0.3, -0.25) is 4.98 Å². The molecule has 0 bridgehead atoms. The molecular formula is C11H12ClN3OS. The van der Waals surface area contributed by atoms with E-state index in [0.29, 0.717) is 17.4 Å². The maximum absolute atomic E-state index is 5.81. The van der Waals surface area contributed by atoms with E-state index < -0.39 is 0 Å². The molecule has 1 N–H and O–H groups in total. The molecule has 0 radical (unpaired) electrons. The van der Waals surface area contributed by atoms with Crippen LogP contribution in [0.1, 0.15) is 10.7 Å². The number of halogens is 1. The van der Waals surface area contributed by atoms with Crippen LogP contribution in [-0.2, 0) is 13.2 Å². The average molecular weight is 270 g/mol. The lowest BCUT2D eigenvalue weighted by molar-refractivity contribution is 0.300. The highest BCUT2D eigenvalue weighted by Gasteiger charge is 2.02. The van der Waals surface area contributed by atoms with E-state index in [1.807, 2.05) is 12.4 Å². The molecule has 2 aromatic rings. The first-order valence-corrected chi connectivity index (χ1v) is 6.35. The third-order valence-corrected chi connectivity index (χ3v) is 3.10. The molecule has 90 valence electrons. The summed E-state index contributed by atoms with van der Waals surface area (Å²) in [5.41, 5.74) is 0.917. The standard InChI is InChI=1S/C11H12ClN3OS/c1-13-5-11-15-9(7-17-11)6-16-10-2-8(12)3-14-4-10/h2-4,7,13H,5-6H2,1H3. The molecule has 6 heteroatoms. The van der Waals surface area contributed by atoms with E-state index in [1.165, 1.54) is 0 Å². The van der Waals surface area contributed by atoms with Crippen molar-refractivity contribution in [2.45, 2.75) is 13.2 Å². The lowest BCUT2D eigenvalue weighted by Gasteiger charge is -2.03. The maximum atomic E-state index is 5.81. The van der Waals surface area contributed by atoms with Gasteiger partial charge in [-0.05, 0) is 7.05 Å². The van der Waals surface area contributed by atoms with Crippen molar-refractivity contribution in [1.29, 1.82) is 0 Å². The molecule has 0 aliphatic carbocycles. The lowest BCUT2D eigenvalue weighted by Crippen LogP contribution is -2.05. The summed E-state index contributed by atoms with van der Waals surface area (Å²) in [4.78, 5) is 8.36. The minimum Gasteiger partial charge on any atom is -0.486 e. The van der Waals surface area contributed by atoms with Crippen molar-refractivity contribution in [3.8, 4) is 5.75 Å². The zero-order valence-corrected chi connectivity index (χ0v) is 10.9. The highest BCUT2D eigenvalue weighted by Crippen LogP contribution is 2.17. The molecular weight excluding hydrogens is 258 g/mol. The van der Waals surface area contributed by atoms with Gasteiger partial charge < -0.3 is 10.1 Å². The molecule has 0 fully saturated rings. The Morgan fingerprint density at radius 3 is 3.12 bits per heavy atom. The molecule has 0 saturated carbocycles. The first kappa shape index (κ1) is 12.3. The lowest BCUT2D eigenvalue weighted by atomic mass is 10.4. The predicted molar refractivity (Wildman–Crippen MR) is 68.5 cm³/mol. The number of ether oxygens (including phenoxy) is 1. The Labute approximate surface area is 109 Å². The second kappa shape index (κ2) is 5.95. The van der Waals surface area contributed by atoms with Crippen molar-refractivity contribution in [2.75, 3.05) is 7.05 Å². The fraction of sp³-hybridized carbons (Fsp3) is 0.273. The summed E-state index contributed by atoms with van der Waals surface area (Å²) in [6.07, 6.45) is 3.20. The molecule has 2 aromatic heterocycles. The normalized spacial score (nSPS) is 10.5. The second-order valence-electron chi connectivity index (χ2n) is 3.39. The first-order valence-electron chi connectivity index (χ1n) is 5.09. The van der Waals surface area contributed by atoms with Crippen molar-refractivity contribution in [3.05, 3.63) is 39.6 Å². The molecule has 0 saturated heterocycles. The second-order valence-corrected chi connectivity index (χ2v) is 4.77. The van der Waals surface area contributed by atoms with E-state index in [-0.39, 0.29) is 0 Å². The van der Waals surface area contributed by atoms with Gasteiger partial charge in [0.1, 0.15) is 17.4 Å². The molecule has 2 rings (SSSR count). The van der Waals surface area contributed by atoms with Crippen LogP contribution in [0.3, 0.4) is 0 Å². The fourth-order valence-electron chi connectivity index (χ4n) is 1.28. The van der Waals surface area contributed by atoms with E-state index >= 15 is 0 Å². The highest BCUT2D eigenvalue weighted by molar-refractivity contribution is 7.09. The molecule has 2 heterocycles. The molecule has 0 unspecified atom stereocenters. The molecule has 0 aliphatic heterocycles. The fourth-order valence-corrected chi connectivity index (χ4v) is 2.23. The van der Waals surface area contributed by atoms with Crippen LogP contribution in [0, 0.1) is 0 Å². The Morgan fingerprint density at radius 1 is 1.47 bits per heavy atom. The van der Waals surface area contributed by atoms with Gasteiger partial charge in [-0.15, -0.1) is 11.3 Å². The Balaban J connectivity index is 1.93. The van der Waals surface area contributed by atoms with E-state index in [9.17, 15) is 0 Å².